The fourth-order valence-electron chi connectivity index (χ4n) is 2.24. The Labute approximate surface area is 143 Å². The Morgan fingerprint density at radius 3 is 2.79 bits per heavy atom. The number of carbonyl (C=O) groups excluding carboxylic acids is 1. The van der Waals surface area contributed by atoms with Gasteiger partial charge in [0, 0.05) is 12.5 Å². The molecule has 6 heteroatoms. The number of benzene rings is 2. The molecule has 3 rings (SSSR count). The zero-order valence-electron chi connectivity index (χ0n) is 13.2. The quantitative estimate of drug-likeness (QED) is 0.394. The maximum absolute atomic E-state index is 11.4. The largest absolute Gasteiger partial charge is 0.496 e. The summed E-state index contributed by atoms with van der Waals surface area (Å²) in [5, 5.41) is 0.781. The SMILES string of the molecule is CCC(=O)Oc1ccc(-c2nc(=S)c3ccccc3o2)c(OC)c1. The lowest BCUT2D eigenvalue weighted by Crippen LogP contribution is -2.05. The number of fused-ring (bicyclic) bond motifs is 1. The topological polar surface area (TPSA) is 61.6 Å². The molecule has 0 radical (unpaired) electrons. The van der Waals surface area contributed by atoms with Crippen molar-refractivity contribution in [1.82, 2.24) is 4.98 Å². The van der Waals surface area contributed by atoms with E-state index >= 15 is 0 Å². The second kappa shape index (κ2) is 6.80. The Bertz CT molecular complexity index is 965. The van der Waals surface area contributed by atoms with Gasteiger partial charge >= 0.3 is 5.97 Å². The highest BCUT2D eigenvalue weighted by atomic mass is 32.1. The van der Waals surface area contributed by atoms with E-state index in [4.69, 9.17) is 26.1 Å². The van der Waals surface area contributed by atoms with Gasteiger partial charge in [0.25, 0.3) is 0 Å². The molecule has 2 aromatic carbocycles. The molecular weight excluding hydrogens is 326 g/mol. The fraction of sp³-hybridized carbons (Fsp3) is 0.167. The lowest BCUT2D eigenvalue weighted by atomic mass is 10.2. The first-order chi connectivity index (χ1) is 11.6. The summed E-state index contributed by atoms with van der Waals surface area (Å²) in [6.45, 7) is 1.73. The van der Waals surface area contributed by atoms with Crippen molar-refractivity contribution in [1.29, 1.82) is 0 Å². The first kappa shape index (κ1) is 16.1. The summed E-state index contributed by atoms with van der Waals surface area (Å²) in [7, 11) is 1.53. The minimum absolute atomic E-state index is 0.297. The number of esters is 1. The third kappa shape index (κ3) is 3.14. The van der Waals surface area contributed by atoms with E-state index in [1.54, 1.807) is 25.1 Å². The van der Waals surface area contributed by atoms with Gasteiger partial charge in [0.05, 0.1) is 18.1 Å². The van der Waals surface area contributed by atoms with Crippen LogP contribution in [-0.2, 0) is 4.79 Å². The molecule has 1 heterocycles. The summed E-state index contributed by atoms with van der Waals surface area (Å²) in [5.74, 6) is 0.925. The van der Waals surface area contributed by atoms with Crippen LogP contribution in [-0.4, -0.2) is 18.1 Å². The summed E-state index contributed by atoms with van der Waals surface area (Å²) in [5.41, 5.74) is 1.28. The van der Waals surface area contributed by atoms with E-state index in [1.807, 2.05) is 24.3 Å². The normalized spacial score (nSPS) is 10.6. The molecule has 0 aliphatic carbocycles. The molecule has 0 spiro atoms. The van der Waals surface area contributed by atoms with Crippen molar-refractivity contribution in [3.8, 4) is 23.0 Å². The highest BCUT2D eigenvalue weighted by Gasteiger charge is 2.14. The molecule has 0 saturated heterocycles. The second-order valence-electron chi connectivity index (χ2n) is 5.01. The van der Waals surface area contributed by atoms with Gasteiger partial charge in [-0.1, -0.05) is 31.3 Å². The van der Waals surface area contributed by atoms with Crippen LogP contribution in [0.15, 0.2) is 46.9 Å². The molecule has 0 bridgehead atoms. The van der Waals surface area contributed by atoms with Gasteiger partial charge < -0.3 is 13.9 Å². The third-order valence-electron chi connectivity index (χ3n) is 3.45. The third-order valence-corrected chi connectivity index (χ3v) is 3.76. The molecule has 0 fully saturated rings. The molecule has 122 valence electrons. The Balaban J connectivity index is 2.09. The van der Waals surface area contributed by atoms with E-state index in [1.165, 1.54) is 7.11 Å². The van der Waals surface area contributed by atoms with E-state index in [-0.39, 0.29) is 5.97 Å². The number of methoxy groups -OCH3 is 1. The van der Waals surface area contributed by atoms with Crippen molar-refractivity contribution in [2.24, 2.45) is 0 Å². The average molecular weight is 341 g/mol. The van der Waals surface area contributed by atoms with Crippen molar-refractivity contribution in [3.05, 3.63) is 47.1 Å². The number of hydrogen-bond donors (Lipinski definition) is 0. The van der Waals surface area contributed by atoms with Crippen LogP contribution >= 0.6 is 12.2 Å². The van der Waals surface area contributed by atoms with Gasteiger partial charge in [-0.2, -0.15) is 0 Å². The first-order valence-corrected chi connectivity index (χ1v) is 7.82. The van der Waals surface area contributed by atoms with E-state index < -0.39 is 0 Å². The summed E-state index contributed by atoms with van der Waals surface area (Å²) < 4.78 is 16.9. The molecule has 0 N–H and O–H groups in total. The Hall–Kier alpha value is -2.73. The molecule has 0 aliphatic rings. The molecule has 1 aromatic heterocycles. The first-order valence-electron chi connectivity index (χ1n) is 7.41. The van der Waals surface area contributed by atoms with Gasteiger partial charge in [-0.25, -0.2) is 4.98 Å². The van der Waals surface area contributed by atoms with Crippen LogP contribution in [0.4, 0.5) is 0 Å². The molecule has 0 saturated carbocycles. The van der Waals surface area contributed by atoms with Crippen LogP contribution in [0.25, 0.3) is 22.4 Å². The number of para-hydroxylation sites is 1. The van der Waals surface area contributed by atoms with Crippen LogP contribution in [0.5, 0.6) is 11.5 Å². The molecule has 0 amide bonds. The minimum Gasteiger partial charge on any atom is -0.496 e. The predicted octanol–water partition coefficient (Wildman–Crippen LogP) is 4.55. The molecule has 0 aliphatic heterocycles. The van der Waals surface area contributed by atoms with E-state index in [9.17, 15) is 4.79 Å². The number of ether oxygens (including phenoxy) is 2. The van der Waals surface area contributed by atoms with Crippen LogP contribution in [0.2, 0.25) is 0 Å². The fourth-order valence-corrected chi connectivity index (χ4v) is 2.49. The van der Waals surface area contributed by atoms with Crippen molar-refractivity contribution < 1.29 is 18.7 Å². The number of hydrogen-bond acceptors (Lipinski definition) is 6. The number of carbonyl (C=O) groups is 1. The highest BCUT2D eigenvalue weighted by Crippen LogP contribution is 2.33. The summed E-state index contributed by atoms with van der Waals surface area (Å²) in [6, 6.07) is 12.5. The maximum atomic E-state index is 11.4. The van der Waals surface area contributed by atoms with Gasteiger partial charge in [-0.3, -0.25) is 4.79 Å². The van der Waals surface area contributed by atoms with Crippen LogP contribution in [0.1, 0.15) is 13.3 Å². The number of nitrogens with zero attached hydrogens (tertiary/aromatic N) is 1. The molecule has 0 unspecified atom stereocenters. The number of rotatable bonds is 4. The van der Waals surface area contributed by atoms with Crippen LogP contribution < -0.4 is 9.47 Å². The zero-order valence-corrected chi connectivity index (χ0v) is 14.1. The van der Waals surface area contributed by atoms with Crippen molar-refractivity contribution in [3.63, 3.8) is 0 Å². The Morgan fingerprint density at radius 1 is 1.25 bits per heavy atom. The van der Waals surface area contributed by atoms with Gasteiger partial charge in [0.2, 0.25) is 5.89 Å². The predicted molar refractivity (Wildman–Crippen MR) is 92.8 cm³/mol. The standard InChI is InChI=1S/C18H15NO4S/c1-3-16(20)22-11-8-9-12(15(10-11)21-2)17-19-18(24)13-6-4-5-7-14(13)23-17/h4-10H,3H2,1-2H3. The van der Waals surface area contributed by atoms with Gasteiger partial charge in [0.1, 0.15) is 21.7 Å². The molecule has 0 atom stereocenters. The van der Waals surface area contributed by atoms with Crippen molar-refractivity contribution in [2.45, 2.75) is 13.3 Å². The van der Waals surface area contributed by atoms with Gasteiger partial charge in [-0.15, -0.1) is 0 Å². The molecule has 24 heavy (non-hydrogen) atoms. The minimum atomic E-state index is -0.314. The van der Waals surface area contributed by atoms with Crippen molar-refractivity contribution >= 4 is 29.2 Å². The van der Waals surface area contributed by atoms with Gasteiger partial charge in [0.15, 0.2) is 0 Å². The number of aromatic nitrogens is 1. The Kier molecular flexibility index (Phi) is 4.57. The maximum Gasteiger partial charge on any atom is 0.310 e. The lowest BCUT2D eigenvalue weighted by molar-refractivity contribution is -0.134. The van der Waals surface area contributed by atoms with Gasteiger partial charge in [-0.05, 0) is 24.3 Å². The van der Waals surface area contributed by atoms with E-state index in [2.05, 4.69) is 4.98 Å². The van der Waals surface area contributed by atoms with Crippen molar-refractivity contribution in [2.75, 3.05) is 7.11 Å². The average Bonchev–Trinajstić information content (AvgIpc) is 2.61. The zero-order chi connectivity index (χ0) is 17.1. The second-order valence-corrected chi connectivity index (χ2v) is 5.40. The van der Waals surface area contributed by atoms with E-state index in [0.29, 0.717) is 39.6 Å². The van der Waals surface area contributed by atoms with Crippen LogP contribution in [0, 0.1) is 4.64 Å². The Morgan fingerprint density at radius 2 is 2.04 bits per heavy atom. The summed E-state index contributed by atoms with van der Waals surface area (Å²) in [4.78, 5) is 15.8. The van der Waals surface area contributed by atoms with E-state index in [0.717, 1.165) is 5.39 Å². The molecular formula is C18H15NO4S. The summed E-state index contributed by atoms with van der Waals surface area (Å²) >= 11 is 5.34. The highest BCUT2D eigenvalue weighted by molar-refractivity contribution is 7.71. The monoisotopic (exact) mass is 341 g/mol. The molecule has 5 nitrogen and oxygen atoms in total. The summed E-state index contributed by atoms with van der Waals surface area (Å²) in [6.07, 6.45) is 0.297. The smallest absolute Gasteiger partial charge is 0.310 e. The lowest BCUT2D eigenvalue weighted by Gasteiger charge is -2.10. The molecule has 3 aromatic rings. The van der Waals surface area contributed by atoms with Crippen LogP contribution in [0.3, 0.4) is 0 Å².